The summed E-state index contributed by atoms with van der Waals surface area (Å²) in [6.07, 6.45) is 0. The fourth-order valence-corrected chi connectivity index (χ4v) is 1.73. The summed E-state index contributed by atoms with van der Waals surface area (Å²) in [6.45, 7) is 4.62. The highest BCUT2D eigenvalue weighted by Crippen LogP contribution is 2.55. The van der Waals surface area contributed by atoms with Crippen LogP contribution in [-0.4, -0.2) is 23.1 Å². The van der Waals surface area contributed by atoms with Crippen molar-refractivity contribution in [2.75, 3.05) is 7.11 Å². The molecule has 1 unspecified atom stereocenters. The van der Waals surface area contributed by atoms with E-state index in [0.717, 1.165) is 0 Å². The summed E-state index contributed by atoms with van der Waals surface area (Å²) in [5.41, 5.74) is -0.0390. The van der Waals surface area contributed by atoms with Crippen molar-refractivity contribution in [3.63, 3.8) is 0 Å². The van der Waals surface area contributed by atoms with Crippen LogP contribution in [0.25, 0.3) is 0 Å². The van der Waals surface area contributed by atoms with E-state index in [1.54, 1.807) is 26.8 Å². The van der Waals surface area contributed by atoms with Gasteiger partial charge in [-0.25, -0.2) is 8.96 Å². The predicted molar refractivity (Wildman–Crippen MR) is 70.6 cm³/mol. The summed E-state index contributed by atoms with van der Waals surface area (Å²) in [7, 11) is -2.79. The van der Waals surface area contributed by atoms with E-state index in [2.05, 4.69) is 9.99 Å². The number of hydrogen-bond donors (Lipinski definition) is 1. The van der Waals surface area contributed by atoms with Crippen molar-refractivity contribution in [1.29, 1.82) is 0 Å². The van der Waals surface area contributed by atoms with Gasteiger partial charge in [-0.2, -0.15) is 0 Å². The van der Waals surface area contributed by atoms with Crippen LogP contribution in [0.1, 0.15) is 26.3 Å². The zero-order chi connectivity index (χ0) is 14.7. The highest BCUT2D eigenvalue weighted by Gasteiger charge is 2.39. The largest absolute Gasteiger partial charge is 0.402 e. The molecule has 0 bridgehead atoms. The second-order valence-corrected chi connectivity index (χ2v) is 7.41. The highest BCUT2D eigenvalue weighted by atomic mass is 31.2. The van der Waals surface area contributed by atoms with Crippen LogP contribution in [0.2, 0.25) is 0 Å². The van der Waals surface area contributed by atoms with Crippen LogP contribution in [0, 0.1) is 5.82 Å². The van der Waals surface area contributed by atoms with Crippen LogP contribution in [0.5, 0.6) is 0 Å². The van der Waals surface area contributed by atoms with Gasteiger partial charge in [0.25, 0.3) is 5.90 Å². The lowest BCUT2D eigenvalue weighted by Gasteiger charge is -2.25. The Hall–Kier alpha value is -1.39. The molecule has 5 nitrogen and oxygen atoms in total. The monoisotopic (exact) mass is 289 g/mol. The number of rotatable bonds is 3. The second kappa shape index (κ2) is 5.72. The molecule has 106 valence electrons. The van der Waals surface area contributed by atoms with Gasteiger partial charge in [-0.05, 0) is 38.1 Å². The Balaban J connectivity index is 3.16. The van der Waals surface area contributed by atoms with Gasteiger partial charge in [0.2, 0.25) is 0 Å². The zero-order valence-corrected chi connectivity index (χ0v) is 12.1. The summed E-state index contributed by atoms with van der Waals surface area (Å²) in [5.74, 6) is -0.978. The van der Waals surface area contributed by atoms with Crippen molar-refractivity contribution in [2.45, 2.75) is 25.9 Å². The lowest BCUT2D eigenvalue weighted by molar-refractivity contribution is 0.203. The third kappa shape index (κ3) is 3.78. The third-order valence-electron chi connectivity index (χ3n) is 2.34. The van der Waals surface area contributed by atoms with E-state index >= 15 is 0 Å². The maximum absolute atomic E-state index is 13.6. The van der Waals surface area contributed by atoms with E-state index in [1.165, 1.54) is 25.3 Å². The van der Waals surface area contributed by atoms with E-state index in [-0.39, 0.29) is 11.5 Å². The van der Waals surface area contributed by atoms with Gasteiger partial charge >= 0.3 is 7.60 Å². The van der Waals surface area contributed by atoms with Gasteiger partial charge in [0.1, 0.15) is 12.9 Å². The van der Waals surface area contributed by atoms with Crippen LogP contribution >= 0.6 is 7.60 Å². The average Bonchev–Trinajstić information content (AvgIpc) is 2.27. The minimum Gasteiger partial charge on any atom is -0.402 e. The zero-order valence-electron chi connectivity index (χ0n) is 11.3. The Bertz CT molecular complexity index is 525. The molecule has 1 atom stereocenters. The van der Waals surface area contributed by atoms with Crippen LogP contribution in [0.4, 0.5) is 4.39 Å². The Morgan fingerprint density at radius 2 is 1.95 bits per heavy atom. The first-order chi connectivity index (χ1) is 8.69. The Morgan fingerprint density at radius 1 is 1.37 bits per heavy atom. The summed E-state index contributed by atoms with van der Waals surface area (Å²) < 4.78 is 30.7. The minimum atomic E-state index is -4.02. The van der Waals surface area contributed by atoms with E-state index in [4.69, 9.17) is 4.52 Å². The SMILES string of the molecule is CON=C(OP(=O)(O)C(C)(C)C)c1ccccc1F. The van der Waals surface area contributed by atoms with Crippen LogP contribution in [-0.2, 0) is 13.9 Å². The molecule has 0 aliphatic carbocycles. The number of benzene rings is 1. The molecule has 0 heterocycles. The standard InChI is InChI=1S/C12H17FNO4P/c1-12(2,3)19(15,16)18-11(14-17-4)9-7-5-6-8-10(9)13/h5-8H,1-4H3,(H,15,16). The molecule has 7 heteroatoms. The predicted octanol–water partition coefficient (Wildman–Crippen LogP) is 3.13. The van der Waals surface area contributed by atoms with Gasteiger partial charge < -0.3 is 14.3 Å². The van der Waals surface area contributed by atoms with Gasteiger partial charge in [0.15, 0.2) is 0 Å². The van der Waals surface area contributed by atoms with Gasteiger partial charge in [-0.15, -0.1) is 0 Å². The first-order valence-electron chi connectivity index (χ1n) is 5.57. The van der Waals surface area contributed by atoms with Crippen molar-refractivity contribution >= 4 is 13.5 Å². The molecule has 0 aliphatic heterocycles. The normalized spacial score (nSPS) is 15.8. The summed E-state index contributed by atoms with van der Waals surface area (Å²) in [4.78, 5) is 14.4. The lowest BCUT2D eigenvalue weighted by atomic mass is 10.2. The maximum atomic E-state index is 13.6. The highest BCUT2D eigenvalue weighted by molar-refractivity contribution is 7.55. The molecule has 0 fully saturated rings. The first kappa shape index (κ1) is 15.7. The van der Waals surface area contributed by atoms with E-state index < -0.39 is 18.6 Å². The Morgan fingerprint density at radius 3 is 2.42 bits per heavy atom. The number of halogens is 1. The summed E-state index contributed by atoms with van der Waals surface area (Å²) >= 11 is 0. The maximum Gasteiger partial charge on any atom is 0.383 e. The molecule has 19 heavy (non-hydrogen) atoms. The van der Waals surface area contributed by atoms with Crippen molar-refractivity contribution in [2.24, 2.45) is 5.16 Å². The van der Waals surface area contributed by atoms with Gasteiger partial charge in [-0.3, -0.25) is 0 Å². The average molecular weight is 289 g/mol. The molecule has 0 spiro atoms. The molecule has 1 rings (SSSR count). The van der Waals surface area contributed by atoms with Gasteiger partial charge in [0, 0.05) is 0 Å². The molecular weight excluding hydrogens is 272 g/mol. The smallest absolute Gasteiger partial charge is 0.383 e. The number of hydrogen-bond acceptors (Lipinski definition) is 4. The topological polar surface area (TPSA) is 68.1 Å². The van der Waals surface area contributed by atoms with E-state index in [9.17, 15) is 13.8 Å². The fourth-order valence-electron chi connectivity index (χ4n) is 1.09. The quantitative estimate of drug-likeness (QED) is 0.402. The fraction of sp³-hybridized carbons (Fsp3) is 0.417. The van der Waals surface area contributed by atoms with Gasteiger partial charge in [-0.1, -0.05) is 12.1 Å². The molecule has 0 aliphatic rings. The minimum absolute atomic E-state index is 0.0390. The summed E-state index contributed by atoms with van der Waals surface area (Å²) in [5, 5.41) is 2.46. The van der Waals surface area contributed by atoms with E-state index in [0.29, 0.717) is 0 Å². The number of nitrogens with zero attached hydrogens (tertiary/aromatic N) is 1. The molecule has 0 saturated heterocycles. The first-order valence-corrected chi connectivity index (χ1v) is 7.15. The molecule has 0 amide bonds. The molecule has 0 radical (unpaired) electrons. The molecule has 1 N–H and O–H groups in total. The molecule has 0 aromatic heterocycles. The van der Waals surface area contributed by atoms with Crippen molar-refractivity contribution in [3.8, 4) is 0 Å². The second-order valence-electron chi connectivity index (χ2n) is 4.84. The molecule has 0 saturated carbocycles. The molecule has 1 aromatic rings. The van der Waals surface area contributed by atoms with E-state index in [1.807, 2.05) is 0 Å². The molecule has 1 aromatic carbocycles. The third-order valence-corrected chi connectivity index (χ3v) is 4.45. The van der Waals surface area contributed by atoms with Crippen molar-refractivity contribution < 1.29 is 23.2 Å². The Kier molecular flexibility index (Phi) is 4.71. The Labute approximate surface area is 111 Å². The van der Waals surface area contributed by atoms with Crippen molar-refractivity contribution in [1.82, 2.24) is 0 Å². The van der Waals surface area contributed by atoms with Crippen LogP contribution in [0.15, 0.2) is 29.4 Å². The van der Waals surface area contributed by atoms with Crippen LogP contribution < -0.4 is 0 Å². The van der Waals surface area contributed by atoms with Gasteiger partial charge in [0.05, 0.1) is 10.7 Å². The number of oxime groups is 1. The van der Waals surface area contributed by atoms with Crippen molar-refractivity contribution in [3.05, 3.63) is 35.6 Å². The molecular formula is C12H17FNO4P. The lowest BCUT2D eigenvalue weighted by Crippen LogP contribution is -2.20. The van der Waals surface area contributed by atoms with Crippen LogP contribution in [0.3, 0.4) is 0 Å². The summed E-state index contributed by atoms with van der Waals surface area (Å²) in [6, 6.07) is 5.64.